The maximum Gasteiger partial charge on any atom is 0.472 e. The standard InChI is InChI=1S/C50H87O10P/c1-3-5-7-9-11-13-15-17-19-21-22-23-24-26-27-29-31-33-35-37-39-41-49(53)57-45-48(46-59-61(55,56)58-44-47(52)43-51)60-50(54)42-40-38-36-34-32-30-28-25-20-18-16-14-12-10-8-6-4-2/h11-14,17-20,22-23,28,30,47-48,51-52H,3-10,15-16,21,24-27,29,31-46H2,1-2H3,(H,55,56)/b13-11-,14-12-,19-17-,20-18-,23-22-,30-28-/t47-,48+/m0/s1. The monoisotopic (exact) mass is 879 g/mol. The zero-order chi connectivity index (χ0) is 44.8. The molecule has 0 aliphatic carbocycles. The highest BCUT2D eigenvalue weighted by Crippen LogP contribution is 2.43. The molecular weight excluding hydrogens is 792 g/mol. The molecule has 0 saturated carbocycles. The minimum absolute atomic E-state index is 0.154. The van der Waals surface area contributed by atoms with Crippen LogP contribution in [0, 0.1) is 0 Å². The molecule has 11 heteroatoms. The van der Waals surface area contributed by atoms with Gasteiger partial charge in [0.25, 0.3) is 0 Å². The Morgan fingerprint density at radius 2 is 0.852 bits per heavy atom. The first-order valence-electron chi connectivity index (χ1n) is 23.9. The highest BCUT2D eigenvalue weighted by atomic mass is 31.2. The van der Waals surface area contributed by atoms with Gasteiger partial charge in [-0.2, -0.15) is 0 Å². The zero-order valence-electron chi connectivity index (χ0n) is 38.4. The number of unbranched alkanes of at least 4 members (excludes halogenated alkanes) is 18. The Morgan fingerprint density at radius 3 is 1.28 bits per heavy atom. The van der Waals surface area contributed by atoms with Crippen molar-refractivity contribution in [2.45, 2.75) is 206 Å². The second-order valence-electron chi connectivity index (χ2n) is 15.8. The predicted molar refractivity (Wildman–Crippen MR) is 251 cm³/mol. The third kappa shape index (κ3) is 45.3. The highest BCUT2D eigenvalue weighted by molar-refractivity contribution is 7.47. The van der Waals surface area contributed by atoms with Gasteiger partial charge in [-0.3, -0.25) is 18.6 Å². The van der Waals surface area contributed by atoms with E-state index in [0.717, 1.165) is 83.5 Å². The largest absolute Gasteiger partial charge is 0.472 e. The van der Waals surface area contributed by atoms with Crippen LogP contribution in [0.5, 0.6) is 0 Å². The SMILES string of the molecule is CCCCC/C=C\C/C=C\C/C=C\CCCCCCCCCCC(=O)OC[C@H](COP(=O)(O)OC[C@@H](O)CO)OC(=O)CCCCCC/C=C\C/C=C\C/C=C\CCCCC. The average Bonchev–Trinajstić information content (AvgIpc) is 3.25. The van der Waals surface area contributed by atoms with Crippen molar-refractivity contribution in [1.82, 2.24) is 0 Å². The van der Waals surface area contributed by atoms with Crippen LogP contribution in [0.1, 0.15) is 194 Å². The van der Waals surface area contributed by atoms with E-state index in [4.69, 9.17) is 23.6 Å². The van der Waals surface area contributed by atoms with Crippen molar-refractivity contribution in [2.24, 2.45) is 0 Å². The lowest BCUT2D eigenvalue weighted by Crippen LogP contribution is -2.29. The molecular formula is C50H87O10P. The van der Waals surface area contributed by atoms with E-state index >= 15 is 0 Å². The maximum atomic E-state index is 12.6. The number of ether oxygens (including phenoxy) is 2. The van der Waals surface area contributed by atoms with E-state index in [1.54, 1.807) is 0 Å². The molecule has 10 nitrogen and oxygen atoms in total. The minimum Gasteiger partial charge on any atom is -0.462 e. The van der Waals surface area contributed by atoms with Crippen molar-refractivity contribution in [3.63, 3.8) is 0 Å². The normalized spacial score (nSPS) is 14.4. The fourth-order valence-corrected chi connectivity index (χ4v) is 6.91. The number of hydrogen-bond donors (Lipinski definition) is 3. The summed E-state index contributed by atoms with van der Waals surface area (Å²) in [4.78, 5) is 35.1. The number of carbonyl (C=O) groups excluding carboxylic acids is 2. The topological polar surface area (TPSA) is 149 Å². The number of rotatable bonds is 44. The quantitative estimate of drug-likeness (QED) is 0.0234. The lowest BCUT2D eigenvalue weighted by Gasteiger charge is -2.20. The van der Waals surface area contributed by atoms with Crippen molar-refractivity contribution in [3.05, 3.63) is 72.9 Å². The summed E-state index contributed by atoms with van der Waals surface area (Å²) in [6, 6.07) is 0. The van der Waals surface area contributed by atoms with Crippen LogP contribution in [-0.4, -0.2) is 65.7 Å². The van der Waals surface area contributed by atoms with Crippen LogP contribution in [0.15, 0.2) is 72.9 Å². The van der Waals surface area contributed by atoms with Crippen LogP contribution in [0.2, 0.25) is 0 Å². The fraction of sp³-hybridized carbons (Fsp3) is 0.720. The average molecular weight is 879 g/mol. The van der Waals surface area contributed by atoms with Gasteiger partial charge in [-0.25, -0.2) is 4.57 Å². The Labute approximate surface area is 371 Å². The molecule has 0 aromatic heterocycles. The molecule has 0 radical (unpaired) electrons. The molecule has 0 aromatic rings. The molecule has 3 N–H and O–H groups in total. The highest BCUT2D eigenvalue weighted by Gasteiger charge is 2.27. The van der Waals surface area contributed by atoms with Gasteiger partial charge in [0.05, 0.1) is 19.8 Å². The molecule has 0 rings (SSSR count). The number of phosphoric ester groups is 1. The van der Waals surface area contributed by atoms with Gasteiger partial charge in [-0.05, 0) is 89.9 Å². The molecule has 0 heterocycles. The molecule has 0 amide bonds. The van der Waals surface area contributed by atoms with Crippen LogP contribution in [0.3, 0.4) is 0 Å². The van der Waals surface area contributed by atoms with Crippen LogP contribution >= 0.6 is 7.82 Å². The van der Waals surface area contributed by atoms with Gasteiger partial charge in [-0.15, -0.1) is 0 Å². The van der Waals surface area contributed by atoms with E-state index in [1.165, 1.54) is 70.6 Å². The van der Waals surface area contributed by atoms with E-state index in [-0.39, 0.29) is 19.4 Å². The molecule has 0 saturated heterocycles. The van der Waals surface area contributed by atoms with E-state index in [9.17, 15) is 24.2 Å². The smallest absolute Gasteiger partial charge is 0.462 e. The van der Waals surface area contributed by atoms with Gasteiger partial charge in [0.2, 0.25) is 0 Å². The van der Waals surface area contributed by atoms with Gasteiger partial charge in [0, 0.05) is 12.8 Å². The summed E-state index contributed by atoms with van der Waals surface area (Å²) < 4.78 is 32.8. The summed E-state index contributed by atoms with van der Waals surface area (Å²) in [6.45, 7) is 2.29. The molecule has 0 aliphatic rings. The number of hydrogen-bond acceptors (Lipinski definition) is 9. The third-order valence-corrected chi connectivity index (χ3v) is 10.8. The first-order valence-corrected chi connectivity index (χ1v) is 25.4. The number of aliphatic hydroxyl groups excluding tert-OH is 2. The van der Waals surface area contributed by atoms with Crippen molar-refractivity contribution in [2.75, 3.05) is 26.4 Å². The van der Waals surface area contributed by atoms with Gasteiger partial charge >= 0.3 is 19.8 Å². The molecule has 61 heavy (non-hydrogen) atoms. The first-order chi connectivity index (χ1) is 29.7. The van der Waals surface area contributed by atoms with Gasteiger partial charge in [0.15, 0.2) is 6.10 Å². The molecule has 0 aliphatic heterocycles. The Kier molecular flexibility index (Phi) is 43.5. The van der Waals surface area contributed by atoms with E-state index in [2.05, 4.69) is 86.8 Å². The summed E-state index contributed by atoms with van der Waals surface area (Å²) in [7, 11) is -4.63. The zero-order valence-corrected chi connectivity index (χ0v) is 39.3. The van der Waals surface area contributed by atoms with Crippen LogP contribution < -0.4 is 0 Å². The van der Waals surface area contributed by atoms with Crippen molar-refractivity contribution >= 4 is 19.8 Å². The minimum atomic E-state index is -4.63. The van der Waals surface area contributed by atoms with Crippen LogP contribution in [-0.2, 0) is 32.7 Å². The second kappa shape index (κ2) is 45.4. The summed E-state index contributed by atoms with van der Waals surface area (Å²) in [5.41, 5.74) is 0. The summed E-state index contributed by atoms with van der Waals surface area (Å²) in [5, 5.41) is 18.4. The second-order valence-corrected chi connectivity index (χ2v) is 17.2. The fourth-order valence-electron chi connectivity index (χ4n) is 6.12. The van der Waals surface area contributed by atoms with Crippen LogP contribution in [0.4, 0.5) is 0 Å². The van der Waals surface area contributed by atoms with Gasteiger partial charge < -0.3 is 24.6 Å². The van der Waals surface area contributed by atoms with Crippen LogP contribution in [0.25, 0.3) is 0 Å². The van der Waals surface area contributed by atoms with Gasteiger partial charge in [-0.1, -0.05) is 164 Å². The lowest BCUT2D eigenvalue weighted by atomic mass is 10.1. The number of allylic oxidation sites excluding steroid dienone is 12. The number of esters is 2. The first kappa shape index (κ1) is 58.4. The Balaban J connectivity index is 4.29. The molecule has 3 atom stereocenters. The predicted octanol–water partition coefficient (Wildman–Crippen LogP) is 13.2. The summed E-state index contributed by atoms with van der Waals surface area (Å²) >= 11 is 0. The maximum absolute atomic E-state index is 12.6. The lowest BCUT2D eigenvalue weighted by molar-refractivity contribution is -0.161. The Hall–Kier alpha value is -2.59. The molecule has 0 fully saturated rings. The van der Waals surface area contributed by atoms with E-state index < -0.39 is 51.8 Å². The molecule has 0 spiro atoms. The van der Waals surface area contributed by atoms with Crippen molar-refractivity contribution in [1.29, 1.82) is 0 Å². The number of phosphoric acid groups is 1. The third-order valence-electron chi connectivity index (χ3n) is 9.83. The van der Waals surface area contributed by atoms with Crippen molar-refractivity contribution < 1.29 is 47.8 Å². The number of aliphatic hydroxyl groups is 2. The molecule has 0 aromatic carbocycles. The van der Waals surface area contributed by atoms with Gasteiger partial charge in [0.1, 0.15) is 12.7 Å². The number of carbonyl (C=O) groups is 2. The Bertz CT molecular complexity index is 1240. The van der Waals surface area contributed by atoms with Crippen molar-refractivity contribution in [3.8, 4) is 0 Å². The van der Waals surface area contributed by atoms with E-state index in [0.29, 0.717) is 12.8 Å². The summed E-state index contributed by atoms with van der Waals surface area (Å²) in [6.07, 6.45) is 52.9. The Morgan fingerprint density at radius 1 is 0.492 bits per heavy atom. The summed E-state index contributed by atoms with van der Waals surface area (Å²) in [5.74, 6) is -0.961. The molecule has 352 valence electrons. The molecule has 0 bridgehead atoms. The van der Waals surface area contributed by atoms with E-state index in [1.807, 2.05) is 0 Å². The molecule has 1 unspecified atom stereocenters.